The van der Waals surface area contributed by atoms with Crippen LogP contribution < -0.4 is 0 Å². The van der Waals surface area contributed by atoms with E-state index in [1.165, 1.54) is 6.07 Å². The summed E-state index contributed by atoms with van der Waals surface area (Å²) in [5.74, 6) is -1.11. The molecule has 2 heterocycles. The summed E-state index contributed by atoms with van der Waals surface area (Å²) in [5, 5.41) is 5.20. The first-order chi connectivity index (χ1) is 13.0. The topological polar surface area (TPSA) is 73.7 Å². The predicted octanol–water partition coefficient (Wildman–Crippen LogP) is 3.43. The van der Waals surface area contributed by atoms with Gasteiger partial charge in [-0.3, -0.25) is 9.48 Å². The number of halogens is 3. The molecule has 0 saturated heterocycles. The minimum atomic E-state index is -1.11. The van der Waals surface area contributed by atoms with Gasteiger partial charge in [-0.25, -0.2) is 9.74 Å². The first-order valence-electron chi connectivity index (χ1n) is 7.99. The third-order valence-corrected chi connectivity index (χ3v) is 4.14. The van der Waals surface area contributed by atoms with Crippen LogP contribution in [0, 0.1) is 0 Å². The molecule has 0 radical (unpaired) electrons. The van der Waals surface area contributed by atoms with Gasteiger partial charge in [0.1, 0.15) is 0 Å². The molecule has 0 fully saturated rings. The molecule has 2 aromatic rings. The minimum Gasteiger partial charge on any atom is -0.380 e. The van der Waals surface area contributed by atoms with Crippen molar-refractivity contribution in [1.82, 2.24) is 14.7 Å². The van der Waals surface area contributed by atoms with Crippen LogP contribution >= 0.6 is 23.2 Å². The molecule has 0 aliphatic carbocycles. The zero-order valence-corrected chi connectivity index (χ0v) is 16.0. The molecule has 1 aliphatic rings. The summed E-state index contributed by atoms with van der Waals surface area (Å²) >= 11 is 11.5. The lowest BCUT2D eigenvalue weighted by Crippen LogP contribution is -2.20. The molecule has 1 aliphatic heterocycles. The fraction of sp³-hybridized carbons (Fsp3) is 0.353. The first kappa shape index (κ1) is 21.1. The predicted molar refractivity (Wildman–Crippen MR) is 97.0 cm³/mol. The zero-order chi connectivity index (χ0) is 19.8. The molecule has 27 heavy (non-hydrogen) atoms. The van der Waals surface area contributed by atoms with Crippen LogP contribution in [0.4, 0.5) is 4.53 Å². The summed E-state index contributed by atoms with van der Waals surface area (Å²) in [6.07, 6.45) is 1.49. The molecular formula is C17H18Cl2FN3O4. The highest BCUT2D eigenvalue weighted by atomic mass is 35.5. The fourth-order valence-corrected chi connectivity index (χ4v) is 3.15. The zero-order valence-electron chi connectivity index (χ0n) is 14.5. The molecule has 146 valence electrons. The Kier molecular flexibility index (Phi) is 8.02. The summed E-state index contributed by atoms with van der Waals surface area (Å²) in [5.41, 5.74) is 1.61. The number of carbonyl (C=O) groups is 2. The van der Waals surface area contributed by atoms with Crippen molar-refractivity contribution in [1.29, 1.82) is 0 Å². The molecule has 7 nitrogen and oxygen atoms in total. The smallest absolute Gasteiger partial charge is 0.380 e. The lowest BCUT2D eigenvalue weighted by Gasteiger charge is -2.11. The number of amides is 1. The van der Waals surface area contributed by atoms with Gasteiger partial charge in [-0.1, -0.05) is 23.2 Å². The standard InChI is InChI=1S/C9H10FN3O3.C8H8Cl2O/c10-16-9(15)8-4-7-5-12(6-14)2-1-3-13(7)11-8;1-11-5-6-2-7(9)4-8(10)3-6/h4,6H,1-3,5H2;2-4H,5H2,1H3. The molecule has 1 amide bonds. The van der Waals surface area contributed by atoms with Gasteiger partial charge in [0.15, 0.2) is 5.69 Å². The number of hydrogen-bond donors (Lipinski definition) is 0. The Balaban J connectivity index is 0.000000208. The Morgan fingerprint density at radius 1 is 1.26 bits per heavy atom. The Hall–Kier alpha value is -2.16. The van der Waals surface area contributed by atoms with Crippen LogP contribution in [-0.4, -0.2) is 40.7 Å². The van der Waals surface area contributed by atoms with Crippen LogP contribution in [0.25, 0.3) is 0 Å². The van der Waals surface area contributed by atoms with E-state index in [1.807, 2.05) is 12.1 Å². The van der Waals surface area contributed by atoms with E-state index in [0.29, 0.717) is 42.0 Å². The molecule has 3 rings (SSSR count). The highest BCUT2D eigenvalue weighted by Crippen LogP contribution is 2.19. The number of methoxy groups -OCH3 is 1. The Morgan fingerprint density at radius 3 is 2.56 bits per heavy atom. The number of ether oxygens (including phenoxy) is 1. The molecule has 0 bridgehead atoms. The van der Waals surface area contributed by atoms with Gasteiger partial charge < -0.3 is 9.64 Å². The van der Waals surface area contributed by atoms with Crippen LogP contribution in [0.1, 0.15) is 28.2 Å². The third kappa shape index (κ3) is 6.20. The molecule has 0 N–H and O–H groups in total. The summed E-state index contributed by atoms with van der Waals surface area (Å²) in [7, 11) is 1.63. The first-order valence-corrected chi connectivity index (χ1v) is 8.75. The second-order valence-corrected chi connectivity index (χ2v) is 6.62. The molecule has 0 unspecified atom stereocenters. The Labute approximate surface area is 165 Å². The van der Waals surface area contributed by atoms with E-state index < -0.39 is 5.97 Å². The maximum atomic E-state index is 11.7. The monoisotopic (exact) mass is 417 g/mol. The van der Waals surface area contributed by atoms with Gasteiger partial charge in [-0.2, -0.15) is 5.10 Å². The van der Waals surface area contributed by atoms with Gasteiger partial charge in [0.05, 0.1) is 18.8 Å². The van der Waals surface area contributed by atoms with Crippen molar-refractivity contribution in [2.45, 2.75) is 26.1 Å². The van der Waals surface area contributed by atoms with E-state index in [0.717, 1.165) is 18.4 Å². The minimum absolute atomic E-state index is 0.0785. The van der Waals surface area contributed by atoms with E-state index in [-0.39, 0.29) is 5.69 Å². The number of nitrogens with zero attached hydrogens (tertiary/aromatic N) is 3. The quantitative estimate of drug-likeness (QED) is 0.712. The van der Waals surface area contributed by atoms with E-state index >= 15 is 0 Å². The summed E-state index contributed by atoms with van der Waals surface area (Å²) in [4.78, 5) is 26.3. The molecule has 0 saturated carbocycles. The van der Waals surface area contributed by atoms with Gasteiger partial charge in [-0.15, -0.1) is 0 Å². The number of rotatable bonds is 4. The summed E-state index contributed by atoms with van der Waals surface area (Å²) in [6.45, 7) is 2.16. The summed E-state index contributed by atoms with van der Waals surface area (Å²) < 4.78 is 18.2. The lowest BCUT2D eigenvalue weighted by molar-refractivity contribution is -0.118. The maximum absolute atomic E-state index is 11.7. The van der Waals surface area contributed by atoms with Gasteiger partial charge in [0, 0.05) is 34.8 Å². The number of carbonyl (C=O) groups excluding carboxylic acids is 2. The second kappa shape index (κ2) is 10.2. The highest BCUT2D eigenvalue weighted by molar-refractivity contribution is 6.34. The number of fused-ring (bicyclic) bond motifs is 1. The van der Waals surface area contributed by atoms with Gasteiger partial charge in [0.2, 0.25) is 6.41 Å². The lowest BCUT2D eigenvalue weighted by atomic mass is 10.2. The Bertz CT molecular complexity index is 780. The third-order valence-electron chi connectivity index (χ3n) is 3.71. The average Bonchev–Trinajstić information content (AvgIpc) is 2.93. The Morgan fingerprint density at radius 2 is 1.96 bits per heavy atom. The second-order valence-electron chi connectivity index (χ2n) is 5.75. The number of hydrogen-bond acceptors (Lipinski definition) is 5. The number of aromatic nitrogens is 2. The average molecular weight is 418 g/mol. The molecule has 0 spiro atoms. The molecular weight excluding hydrogens is 400 g/mol. The van der Waals surface area contributed by atoms with Crippen molar-refractivity contribution in [3.05, 3.63) is 51.3 Å². The molecule has 0 atom stereocenters. The van der Waals surface area contributed by atoms with E-state index in [9.17, 15) is 14.1 Å². The van der Waals surface area contributed by atoms with Crippen LogP contribution in [0.3, 0.4) is 0 Å². The van der Waals surface area contributed by atoms with Crippen molar-refractivity contribution in [2.24, 2.45) is 0 Å². The van der Waals surface area contributed by atoms with E-state index in [1.54, 1.807) is 22.8 Å². The summed E-state index contributed by atoms with van der Waals surface area (Å²) in [6, 6.07) is 6.79. The SMILES string of the molecule is COCc1cc(Cl)cc(Cl)c1.O=CN1CCCn2nc(C(=O)OF)cc2C1. The van der Waals surface area contributed by atoms with Crippen LogP contribution in [0.5, 0.6) is 0 Å². The fourth-order valence-electron chi connectivity index (χ4n) is 2.58. The van der Waals surface area contributed by atoms with Crippen molar-refractivity contribution in [2.75, 3.05) is 13.7 Å². The largest absolute Gasteiger partial charge is 0.399 e. The normalized spacial score (nSPS) is 13.1. The van der Waals surface area contributed by atoms with Gasteiger partial charge in [-0.05, 0) is 36.2 Å². The van der Waals surface area contributed by atoms with Gasteiger partial charge in [0.25, 0.3) is 0 Å². The number of benzene rings is 1. The molecule has 10 heteroatoms. The van der Waals surface area contributed by atoms with Crippen LogP contribution in [-0.2, 0) is 34.2 Å². The van der Waals surface area contributed by atoms with Crippen LogP contribution in [0.15, 0.2) is 24.3 Å². The van der Waals surface area contributed by atoms with E-state index in [2.05, 4.69) is 10.0 Å². The molecule has 1 aromatic heterocycles. The van der Waals surface area contributed by atoms with Crippen molar-refractivity contribution in [3.8, 4) is 0 Å². The van der Waals surface area contributed by atoms with Crippen molar-refractivity contribution in [3.63, 3.8) is 0 Å². The van der Waals surface area contributed by atoms with Crippen LogP contribution in [0.2, 0.25) is 10.0 Å². The van der Waals surface area contributed by atoms with E-state index in [4.69, 9.17) is 27.9 Å². The highest BCUT2D eigenvalue weighted by Gasteiger charge is 2.19. The maximum Gasteiger partial charge on any atom is 0.399 e. The van der Waals surface area contributed by atoms with Crippen molar-refractivity contribution < 1.29 is 23.8 Å². The van der Waals surface area contributed by atoms with Crippen molar-refractivity contribution >= 4 is 35.6 Å². The number of aryl methyl sites for hydroxylation is 1. The van der Waals surface area contributed by atoms with Gasteiger partial charge >= 0.3 is 5.97 Å². The molecule has 1 aromatic carbocycles.